The summed E-state index contributed by atoms with van der Waals surface area (Å²) in [4.78, 5) is 10.8. The molecule has 1 aliphatic rings. The van der Waals surface area contributed by atoms with Gasteiger partial charge in [0.1, 0.15) is 12.1 Å². The highest BCUT2D eigenvalue weighted by Crippen LogP contribution is 2.36. The Kier molecular flexibility index (Phi) is 4.60. The monoisotopic (exact) mass is 279 g/mol. The van der Waals surface area contributed by atoms with Gasteiger partial charge in [-0.25, -0.2) is 9.97 Å². The second kappa shape index (κ2) is 6.06. The van der Waals surface area contributed by atoms with Gasteiger partial charge in [-0.3, -0.25) is 0 Å². The zero-order valence-electron chi connectivity index (χ0n) is 12.6. The van der Waals surface area contributed by atoms with E-state index in [-0.39, 0.29) is 6.61 Å². The van der Waals surface area contributed by atoms with Gasteiger partial charge in [-0.05, 0) is 26.7 Å². The lowest BCUT2D eigenvalue weighted by molar-refractivity contribution is -0.0353. The lowest BCUT2D eigenvalue weighted by Crippen LogP contribution is -2.54. The van der Waals surface area contributed by atoms with Crippen LogP contribution in [0.5, 0.6) is 0 Å². The SMILES string of the molecule is CCC[C@@]1(CO)CN(c2ncnc(C)c2C)CC[C@@H]1O. The highest BCUT2D eigenvalue weighted by Gasteiger charge is 2.42. The maximum absolute atomic E-state index is 10.3. The van der Waals surface area contributed by atoms with Crippen LogP contribution in [0.15, 0.2) is 6.33 Å². The highest BCUT2D eigenvalue weighted by atomic mass is 16.3. The smallest absolute Gasteiger partial charge is 0.135 e. The van der Waals surface area contributed by atoms with Crippen molar-refractivity contribution in [1.82, 2.24) is 9.97 Å². The van der Waals surface area contributed by atoms with Crippen molar-refractivity contribution in [2.45, 2.75) is 46.1 Å². The normalized spacial score (nSPS) is 26.9. The average molecular weight is 279 g/mol. The minimum Gasteiger partial charge on any atom is -0.396 e. The molecule has 20 heavy (non-hydrogen) atoms. The second-order valence-corrected chi connectivity index (χ2v) is 5.90. The van der Waals surface area contributed by atoms with Crippen molar-refractivity contribution in [3.05, 3.63) is 17.6 Å². The first-order valence-electron chi connectivity index (χ1n) is 7.36. The second-order valence-electron chi connectivity index (χ2n) is 5.90. The molecule has 0 unspecified atom stereocenters. The molecular formula is C15H25N3O2. The van der Waals surface area contributed by atoms with E-state index in [0.717, 1.165) is 36.5 Å². The van der Waals surface area contributed by atoms with Gasteiger partial charge in [-0.1, -0.05) is 13.3 Å². The molecule has 5 heteroatoms. The first-order valence-corrected chi connectivity index (χ1v) is 7.36. The van der Waals surface area contributed by atoms with Crippen LogP contribution in [0.25, 0.3) is 0 Å². The lowest BCUT2D eigenvalue weighted by atomic mass is 9.74. The van der Waals surface area contributed by atoms with E-state index in [9.17, 15) is 10.2 Å². The van der Waals surface area contributed by atoms with Gasteiger partial charge < -0.3 is 15.1 Å². The maximum Gasteiger partial charge on any atom is 0.135 e. The van der Waals surface area contributed by atoms with E-state index in [0.29, 0.717) is 13.0 Å². The number of anilines is 1. The van der Waals surface area contributed by atoms with E-state index in [2.05, 4.69) is 21.8 Å². The fourth-order valence-electron chi connectivity index (χ4n) is 3.15. The van der Waals surface area contributed by atoms with E-state index in [1.54, 1.807) is 6.33 Å². The molecule has 2 N–H and O–H groups in total. The molecule has 0 saturated carbocycles. The average Bonchev–Trinajstić information content (AvgIpc) is 2.45. The Labute approximate surface area is 120 Å². The number of hydrogen-bond acceptors (Lipinski definition) is 5. The molecule has 1 fully saturated rings. The summed E-state index contributed by atoms with van der Waals surface area (Å²) in [5.41, 5.74) is 1.62. The third-order valence-corrected chi connectivity index (χ3v) is 4.56. The van der Waals surface area contributed by atoms with Gasteiger partial charge in [0.15, 0.2) is 0 Å². The quantitative estimate of drug-likeness (QED) is 0.873. The van der Waals surface area contributed by atoms with Crippen molar-refractivity contribution in [2.24, 2.45) is 5.41 Å². The van der Waals surface area contributed by atoms with E-state index in [1.807, 2.05) is 13.8 Å². The van der Waals surface area contributed by atoms with Crippen LogP contribution < -0.4 is 4.90 Å². The van der Waals surface area contributed by atoms with Crippen LogP contribution in [0.2, 0.25) is 0 Å². The first-order chi connectivity index (χ1) is 9.54. The van der Waals surface area contributed by atoms with Gasteiger partial charge >= 0.3 is 0 Å². The topological polar surface area (TPSA) is 69.5 Å². The molecule has 0 aromatic carbocycles. The van der Waals surface area contributed by atoms with Gasteiger partial charge in [0, 0.05) is 29.8 Å². The van der Waals surface area contributed by atoms with E-state index < -0.39 is 11.5 Å². The van der Waals surface area contributed by atoms with Gasteiger partial charge in [0.25, 0.3) is 0 Å². The van der Waals surface area contributed by atoms with Crippen LogP contribution in [0.3, 0.4) is 0 Å². The molecule has 2 rings (SSSR count). The molecule has 0 bridgehead atoms. The Bertz CT molecular complexity index is 466. The van der Waals surface area contributed by atoms with Crippen LogP contribution in [0.4, 0.5) is 5.82 Å². The van der Waals surface area contributed by atoms with Crippen molar-refractivity contribution in [2.75, 3.05) is 24.6 Å². The molecule has 0 amide bonds. The zero-order chi connectivity index (χ0) is 14.8. The van der Waals surface area contributed by atoms with Crippen LogP contribution >= 0.6 is 0 Å². The minimum absolute atomic E-state index is 0.0155. The maximum atomic E-state index is 10.3. The number of nitrogens with zero attached hydrogens (tertiary/aromatic N) is 3. The summed E-state index contributed by atoms with van der Waals surface area (Å²) in [7, 11) is 0. The Balaban J connectivity index is 2.28. The first kappa shape index (κ1) is 15.2. The molecule has 1 aliphatic heterocycles. The van der Waals surface area contributed by atoms with Gasteiger partial charge in [0.2, 0.25) is 0 Å². The van der Waals surface area contributed by atoms with Crippen molar-refractivity contribution in [3.8, 4) is 0 Å². The molecule has 1 aromatic heterocycles. The Hall–Kier alpha value is -1.20. The Morgan fingerprint density at radius 2 is 2.15 bits per heavy atom. The molecule has 2 atom stereocenters. The van der Waals surface area contributed by atoms with Gasteiger partial charge in [-0.15, -0.1) is 0 Å². The summed E-state index contributed by atoms with van der Waals surface area (Å²) in [6.07, 6.45) is 3.59. The molecule has 112 valence electrons. The van der Waals surface area contributed by atoms with Gasteiger partial charge in [0.05, 0.1) is 12.7 Å². The van der Waals surface area contributed by atoms with Crippen molar-refractivity contribution in [1.29, 1.82) is 0 Å². The number of aliphatic hydroxyl groups is 2. The van der Waals surface area contributed by atoms with Crippen LogP contribution in [-0.4, -0.2) is 46.0 Å². The Morgan fingerprint density at radius 1 is 1.40 bits per heavy atom. The number of rotatable bonds is 4. The molecule has 1 aromatic rings. The highest BCUT2D eigenvalue weighted by molar-refractivity contribution is 5.48. The lowest BCUT2D eigenvalue weighted by Gasteiger charge is -2.46. The van der Waals surface area contributed by atoms with Crippen LogP contribution in [0, 0.1) is 19.3 Å². The molecule has 0 aliphatic carbocycles. The molecule has 0 radical (unpaired) electrons. The Morgan fingerprint density at radius 3 is 2.80 bits per heavy atom. The molecule has 0 spiro atoms. The molecule has 2 heterocycles. The number of aryl methyl sites for hydroxylation is 1. The third kappa shape index (κ3) is 2.65. The minimum atomic E-state index is -0.438. The molecule has 1 saturated heterocycles. The third-order valence-electron chi connectivity index (χ3n) is 4.56. The van der Waals surface area contributed by atoms with E-state index in [1.165, 1.54) is 0 Å². The predicted molar refractivity (Wildman–Crippen MR) is 78.8 cm³/mol. The van der Waals surface area contributed by atoms with Crippen molar-refractivity contribution >= 4 is 5.82 Å². The summed E-state index contributed by atoms with van der Waals surface area (Å²) in [5.74, 6) is 0.929. The number of piperidine rings is 1. The van der Waals surface area contributed by atoms with Crippen molar-refractivity contribution < 1.29 is 10.2 Å². The predicted octanol–water partition coefficient (Wildman–Crippen LogP) is 1.44. The van der Waals surface area contributed by atoms with E-state index in [4.69, 9.17) is 0 Å². The number of aromatic nitrogens is 2. The van der Waals surface area contributed by atoms with E-state index >= 15 is 0 Å². The zero-order valence-corrected chi connectivity index (χ0v) is 12.6. The summed E-state index contributed by atoms with van der Waals surface area (Å²) >= 11 is 0. The summed E-state index contributed by atoms with van der Waals surface area (Å²) in [6.45, 7) is 7.52. The fourth-order valence-corrected chi connectivity index (χ4v) is 3.15. The summed E-state index contributed by atoms with van der Waals surface area (Å²) in [5, 5.41) is 20.1. The van der Waals surface area contributed by atoms with Crippen molar-refractivity contribution in [3.63, 3.8) is 0 Å². The summed E-state index contributed by atoms with van der Waals surface area (Å²) in [6, 6.07) is 0. The fraction of sp³-hybridized carbons (Fsp3) is 0.733. The van der Waals surface area contributed by atoms with Crippen LogP contribution in [0.1, 0.15) is 37.4 Å². The van der Waals surface area contributed by atoms with Crippen LogP contribution in [-0.2, 0) is 0 Å². The number of hydrogen-bond donors (Lipinski definition) is 2. The largest absolute Gasteiger partial charge is 0.396 e. The summed E-state index contributed by atoms with van der Waals surface area (Å²) < 4.78 is 0. The molecule has 5 nitrogen and oxygen atoms in total. The van der Waals surface area contributed by atoms with Gasteiger partial charge in [-0.2, -0.15) is 0 Å². The molecular weight excluding hydrogens is 254 g/mol. The standard InChI is InChI=1S/C15H25N3O2/c1-4-6-15(9-19)8-18(7-5-13(15)20)14-11(2)12(3)16-10-17-14/h10,13,19-20H,4-9H2,1-3H3/t13-,15-/m0/s1. The number of aliphatic hydroxyl groups excluding tert-OH is 2.